The summed E-state index contributed by atoms with van der Waals surface area (Å²) in [5.74, 6) is 0.864. The van der Waals surface area contributed by atoms with Crippen LogP contribution in [-0.4, -0.2) is 37.6 Å². The summed E-state index contributed by atoms with van der Waals surface area (Å²) in [5, 5.41) is 0.557. The third kappa shape index (κ3) is 2.91. The first-order chi connectivity index (χ1) is 9.58. The highest BCUT2D eigenvalue weighted by Crippen LogP contribution is 2.31. The minimum absolute atomic E-state index is 0.0381. The maximum Gasteiger partial charge on any atom is 0.257 e. The molecule has 2 unspecified atom stereocenters. The smallest absolute Gasteiger partial charge is 0.257 e. The maximum absolute atomic E-state index is 12.6. The van der Waals surface area contributed by atoms with E-state index in [4.69, 9.17) is 22.1 Å². The van der Waals surface area contributed by atoms with Crippen LogP contribution >= 0.6 is 11.6 Å². The van der Waals surface area contributed by atoms with Crippen molar-refractivity contribution in [2.24, 2.45) is 11.7 Å². The Morgan fingerprint density at radius 3 is 2.90 bits per heavy atom. The van der Waals surface area contributed by atoms with Gasteiger partial charge in [0, 0.05) is 18.1 Å². The molecule has 0 heterocycles. The third-order valence-corrected chi connectivity index (χ3v) is 4.37. The number of nitrogens with zero attached hydrogens (tertiary/aromatic N) is 1. The summed E-state index contributed by atoms with van der Waals surface area (Å²) in [6.45, 7) is 0.625. The zero-order chi connectivity index (χ0) is 14.7. The summed E-state index contributed by atoms with van der Waals surface area (Å²) in [4.78, 5) is 14.4. The van der Waals surface area contributed by atoms with E-state index in [9.17, 15) is 4.79 Å². The number of carbonyl (C=O) groups excluding carboxylic acids is 1. The normalized spacial score (nSPS) is 21.8. The summed E-state index contributed by atoms with van der Waals surface area (Å²) in [7, 11) is 3.38. The second kappa shape index (κ2) is 6.46. The molecular weight excluding hydrogens is 276 g/mol. The average Bonchev–Trinajstić information content (AvgIpc) is 2.93. The second-order valence-electron chi connectivity index (χ2n) is 5.25. The van der Waals surface area contributed by atoms with E-state index in [1.54, 1.807) is 30.2 Å². The Bertz CT molecular complexity index is 493. The molecule has 0 spiro atoms. The van der Waals surface area contributed by atoms with Crippen molar-refractivity contribution < 1.29 is 9.53 Å². The van der Waals surface area contributed by atoms with Crippen molar-refractivity contribution in [3.05, 3.63) is 28.8 Å². The van der Waals surface area contributed by atoms with Crippen molar-refractivity contribution in [3.8, 4) is 5.75 Å². The quantitative estimate of drug-likeness (QED) is 0.929. The molecule has 2 N–H and O–H groups in total. The Morgan fingerprint density at radius 2 is 2.25 bits per heavy atom. The first kappa shape index (κ1) is 15.1. The molecule has 1 amide bonds. The van der Waals surface area contributed by atoms with Crippen LogP contribution in [0.5, 0.6) is 5.75 Å². The van der Waals surface area contributed by atoms with E-state index in [0.717, 1.165) is 19.3 Å². The molecule has 0 aromatic heterocycles. The number of benzene rings is 1. The van der Waals surface area contributed by atoms with E-state index < -0.39 is 0 Å². The predicted molar refractivity (Wildman–Crippen MR) is 80.3 cm³/mol. The number of halogens is 1. The standard InChI is InChI=1S/C15H21ClN2O2/c1-18(13-5-3-4-10(13)9-17)15(19)12-7-6-11(16)8-14(12)20-2/h6-8,10,13H,3-5,9,17H2,1-2H3. The third-order valence-electron chi connectivity index (χ3n) is 4.13. The Labute approximate surface area is 124 Å². The monoisotopic (exact) mass is 296 g/mol. The predicted octanol–water partition coefficient (Wildman–Crippen LogP) is 2.55. The molecule has 2 rings (SSSR count). The van der Waals surface area contributed by atoms with Gasteiger partial charge in [-0.25, -0.2) is 0 Å². The van der Waals surface area contributed by atoms with Crippen LogP contribution in [0.2, 0.25) is 5.02 Å². The van der Waals surface area contributed by atoms with Crippen LogP contribution in [0.15, 0.2) is 18.2 Å². The van der Waals surface area contributed by atoms with E-state index >= 15 is 0 Å². The fourth-order valence-corrected chi connectivity index (χ4v) is 3.15. The molecule has 20 heavy (non-hydrogen) atoms. The van der Waals surface area contributed by atoms with Crippen molar-refractivity contribution in [1.29, 1.82) is 0 Å². The van der Waals surface area contributed by atoms with Gasteiger partial charge in [0.1, 0.15) is 5.75 Å². The van der Waals surface area contributed by atoms with Crippen molar-refractivity contribution in [1.82, 2.24) is 4.90 Å². The first-order valence-electron chi connectivity index (χ1n) is 6.89. The molecule has 4 nitrogen and oxygen atoms in total. The molecule has 0 aliphatic heterocycles. The SMILES string of the molecule is COc1cc(Cl)ccc1C(=O)N(C)C1CCCC1CN. The lowest BCUT2D eigenvalue weighted by molar-refractivity contribution is 0.0696. The second-order valence-corrected chi connectivity index (χ2v) is 5.69. The zero-order valence-corrected chi connectivity index (χ0v) is 12.7. The minimum atomic E-state index is -0.0381. The molecule has 110 valence electrons. The number of rotatable bonds is 4. The zero-order valence-electron chi connectivity index (χ0n) is 11.9. The van der Waals surface area contributed by atoms with Crippen LogP contribution in [-0.2, 0) is 0 Å². The van der Waals surface area contributed by atoms with Gasteiger partial charge in [-0.2, -0.15) is 0 Å². The number of hydrogen-bond donors (Lipinski definition) is 1. The van der Waals surface area contributed by atoms with Crippen LogP contribution in [0, 0.1) is 5.92 Å². The van der Waals surface area contributed by atoms with Crippen LogP contribution in [0.1, 0.15) is 29.6 Å². The van der Waals surface area contributed by atoms with Gasteiger partial charge in [-0.1, -0.05) is 18.0 Å². The molecule has 1 aliphatic carbocycles. The molecule has 1 fully saturated rings. The molecule has 1 aliphatic rings. The van der Waals surface area contributed by atoms with Gasteiger partial charge in [0.25, 0.3) is 5.91 Å². The Kier molecular flexibility index (Phi) is 4.89. The number of hydrogen-bond acceptors (Lipinski definition) is 3. The summed E-state index contributed by atoms with van der Waals surface area (Å²) in [6.07, 6.45) is 3.23. The van der Waals surface area contributed by atoms with Crippen LogP contribution in [0.25, 0.3) is 0 Å². The van der Waals surface area contributed by atoms with Gasteiger partial charge in [0.05, 0.1) is 12.7 Å². The van der Waals surface area contributed by atoms with Gasteiger partial charge in [-0.15, -0.1) is 0 Å². The van der Waals surface area contributed by atoms with Gasteiger partial charge in [0.2, 0.25) is 0 Å². The van der Waals surface area contributed by atoms with Gasteiger partial charge < -0.3 is 15.4 Å². The average molecular weight is 297 g/mol. The Balaban J connectivity index is 2.22. The summed E-state index contributed by atoms with van der Waals surface area (Å²) in [5.41, 5.74) is 6.34. The van der Waals surface area contributed by atoms with Crippen LogP contribution < -0.4 is 10.5 Å². The van der Waals surface area contributed by atoms with Crippen molar-refractivity contribution in [2.75, 3.05) is 20.7 Å². The number of methoxy groups -OCH3 is 1. The van der Waals surface area contributed by atoms with Crippen LogP contribution in [0.4, 0.5) is 0 Å². The molecule has 1 aromatic carbocycles. The molecule has 1 aromatic rings. The van der Waals surface area contributed by atoms with Crippen molar-refractivity contribution >= 4 is 17.5 Å². The van der Waals surface area contributed by atoms with Gasteiger partial charge in [-0.3, -0.25) is 4.79 Å². The van der Waals surface area contributed by atoms with Crippen molar-refractivity contribution in [3.63, 3.8) is 0 Å². The Hall–Kier alpha value is -1.26. The highest BCUT2D eigenvalue weighted by atomic mass is 35.5. The minimum Gasteiger partial charge on any atom is -0.496 e. The summed E-state index contributed by atoms with van der Waals surface area (Å²) in [6, 6.07) is 5.30. The summed E-state index contributed by atoms with van der Waals surface area (Å²) < 4.78 is 5.26. The molecule has 2 atom stereocenters. The molecule has 0 radical (unpaired) electrons. The van der Waals surface area contributed by atoms with Gasteiger partial charge in [-0.05, 0) is 43.5 Å². The van der Waals surface area contributed by atoms with Gasteiger partial charge >= 0.3 is 0 Å². The van der Waals surface area contributed by atoms with Gasteiger partial charge in [0.15, 0.2) is 0 Å². The molecule has 0 saturated heterocycles. The number of ether oxygens (including phenoxy) is 1. The fraction of sp³-hybridized carbons (Fsp3) is 0.533. The first-order valence-corrected chi connectivity index (χ1v) is 7.27. The molecule has 1 saturated carbocycles. The largest absolute Gasteiger partial charge is 0.496 e. The number of nitrogens with two attached hydrogens (primary N) is 1. The van der Waals surface area contributed by atoms with E-state index in [0.29, 0.717) is 28.8 Å². The van der Waals surface area contributed by atoms with E-state index in [2.05, 4.69) is 0 Å². The van der Waals surface area contributed by atoms with Crippen LogP contribution in [0.3, 0.4) is 0 Å². The topological polar surface area (TPSA) is 55.6 Å². The molecular formula is C15H21ClN2O2. The van der Waals surface area contributed by atoms with E-state index in [1.807, 2.05) is 7.05 Å². The lowest BCUT2D eigenvalue weighted by atomic mass is 10.0. The fourth-order valence-electron chi connectivity index (χ4n) is 2.98. The highest BCUT2D eigenvalue weighted by molar-refractivity contribution is 6.30. The molecule has 5 heteroatoms. The molecule has 0 bridgehead atoms. The number of amides is 1. The number of carbonyl (C=O) groups is 1. The maximum atomic E-state index is 12.6. The lowest BCUT2D eigenvalue weighted by Crippen LogP contribution is -2.41. The van der Waals surface area contributed by atoms with E-state index in [-0.39, 0.29) is 11.9 Å². The Morgan fingerprint density at radius 1 is 1.50 bits per heavy atom. The highest BCUT2D eigenvalue weighted by Gasteiger charge is 2.32. The lowest BCUT2D eigenvalue weighted by Gasteiger charge is -2.29. The van der Waals surface area contributed by atoms with E-state index in [1.165, 1.54) is 0 Å². The summed E-state index contributed by atoms with van der Waals surface area (Å²) >= 11 is 5.93. The van der Waals surface area contributed by atoms with Crippen molar-refractivity contribution in [2.45, 2.75) is 25.3 Å².